The molecule has 0 aromatic heterocycles. The fraction of sp³-hybridized carbons (Fsp3) is 1.00. The Bertz CT molecular complexity index is 170. The topological polar surface area (TPSA) is 0 Å². The van der Waals surface area contributed by atoms with E-state index in [2.05, 4.69) is 22.9 Å². The van der Waals surface area contributed by atoms with Crippen molar-refractivity contribution in [2.24, 2.45) is 17.8 Å². The number of hydrogen-bond acceptors (Lipinski definition) is 0. The molecule has 0 bridgehead atoms. The predicted molar refractivity (Wildman–Crippen MR) is 75.0 cm³/mol. The normalized spacial score (nSPS) is 27.2. The first kappa shape index (κ1) is 12.9. The molecular weight excluding hydrogens is 260 g/mol. The first-order valence-electron chi connectivity index (χ1n) is 7.43. The minimum Gasteiger partial charge on any atom is -0.0890 e. The molecule has 0 saturated heterocycles. The third-order valence-corrected chi connectivity index (χ3v) is 5.53. The van der Waals surface area contributed by atoms with Crippen molar-refractivity contribution in [3.63, 3.8) is 0 Å². The van der Waals surface area contributed by atoms with Gasteiger partial charge in [0.2, 0.25) is 0 Å². The van der Waals surface area contributed by atoms with Gasteiger partial charge >= 0.3 is 0 Å². The molecule has 2 fully saturated rings. The van der Waals surface area contributed by atoms with Crippen LogP contribution in [-0.4, -0.2) is 4.83 Å². The lowest BCUT2D eigenvalue weighted by molar-refractivity contribution is 0.145. The average Bonchev–Trinajstić information content (AvgIpc) is 2.31. The molecule has 2 saturated carbocycles. The van der Waals surface area contributed by atoms with Crippen molar-refractivity contribution in [3.8, 4) is 0 Å². The van der Waals surface area contributed by atoms with Crippen LogP contribution in [0.5, 0.6) is 0 Å². The van der Waals surface area contributed by atoms with Crippen molar-refractivity contribution in [3.05, 3.63) is 0 Å². The number of halogens is 1. The second kappa shape index (κ2) is 6.42. The van der Waals surface area contributed by atoms with Gasteiger partial charge in [0.15, 0.2) is 0 Å². The average molecular weight is 287 g/mol. The Morgan fingerprint density at radius 2 is 1.12 bits per heavy atom. The number of hydrogen-bond donors (Lipinski definition) is 0. The molecule has 2 aliphatic rings. The lowest BCUT2D eigenvalue weighted by Gasteiger charge is -2.39. The molecule has 16 heavy (non-hydrogen) atoms. The smallest absolute Gasteiger partial charge is 0.0151 e. The second-order valence-corrected chi connectivity index (χ2v) is 7.50. The summed E-state index contributed by atoms with van der Waals surface area (Å²) >= 11 is 3.91. The van der Waals surface area contributed by atoms with Gasteiger partial charge in [0.05, 0.1) is 0 Å². The molecule has 0 radical (unpaired) electrons. The van der Waals surface area contributed by atoms with Crippen LogP contribution in [0.2, 0.25) is 0 Å². The van der Waals surface area contributed by atoms with E-state index < -0.39 is 0 Å². The molecule has 1 heteroatoms. The fourth-order valence-electron chi connectivity index (χ4n) is 4.17. The third-order valence-electron chi connectivity index (χ3n) is 4.92. The van der Waals surface area contributed by atoms with Crippen molar-refractivity contribution in [1.82, 2.24) is 0 Å². The van der Waals surface area contributed by atoms with Crippen LogP contribution in [0.1, 0.15) is 71.1 Å². The summed E-state index contributed by atoms with van der Waals surface area (Å²) in [6.45, 7) is 2.40. The highest BCUT2D eigenvalue weighted by molar-refractivity contribution is 9.09. The molecule has 2 rings (SSSR count). The molecule has 0 aromatic rings. The van der Waals surface area contributed by atoms with Gasteiger partial charge in [0.25, 0.3) is 0 Å². The Hall–Kier alpha value is 0.480. The van der Waals surface area contributed by atoms with E-state index in [1.165, 1.54) is 64.2 Å². The standard InChI is InChI=1S/C15H27Br/c1-12(16)15(13-8-4-2-5-9-13)14-10-6-3-7-11-14/h12-15H,2-11H2,1H3. The molecule has 0 nitrogen and oxygen atoms in total. The second-order valence-electron chi connectivity index (χ2n) is 6.05. The molecular formula is C15H27Br. The first-order valence-corrected chi connectivity index (χ1v) is 8.34. The van der Waals surface area contributed by atoms with Gasteiger partial charge in [-0.15, -0.1) is 0 Å². The largest absolute Gasteiger partial charge is 0.0890 e. The first-order chi connectivity index (χ1) is 7.79. The van der Waals surface area contributed by atoms with Gasteiger partial charge in [0, 0.05) is 4.83 Å². The van der Waals surface area contributed by atoms with E-state index in [-0.39, 0.29) is 0 Å². The van der Waals surface area contributed by atoms with Crippen LogP contribution in [0.25, 0.3) is 0 Å². The zero-order chi connectivity index (χ0) is 11.4. The minimum atomic E-state index is 0.735. The van der Waals surface area contributed by atoms with Crippen LogP contribution in [0.4, 0.5) is 0 Å². The van der Waals surface area contributed by atoms with E-state index in [0.717, 1.165) is 22.6 Å². The molecule has 94 valence electrons. The molecule has 2 aliphatic carbocycles. The zero-order valence-corrected chi connectivity index (χ0v) is 12.3. The van der Waals surface area contributed by atoms with Crippen LogP contribution < -0.4 is 0 Å². The highest BCUT2D eigenvalue weighted by atomic mass is 79.9. The fourth-order valence-corrected chi connectivity index (χ4v) is 5.04. The maximum Gasteiger partial charge on any atom is 0.0151 e. The summed E-state index contributed by atoms with van der Waals surface area (Å²) in [4.78, 5) is 0.735. The molecule has 0 aliphatic heterocycles. The van der Waals surface area contributed by atoms with Crippen LogP contribution in [0, 0.1) is 17.8 Å². The Morgan fingerprint density at radius 1 is 0.750 bits per heavy atom. The highest BCUT2D eigenvalue weighted by Crippen LogP contribution is 2.43. The Balaban J connectivity index is 1.96. The molecule has 1 unspecified atom stereocenters. The van der Waals surface area contributed by atoms with Crippen LogP contribution >= 0.6 is 15.9 Å². The summed E-state index contributed by atoms with van der Waals surface area (Å²) in [6.07, 6.45) is 15.0. The van der Waals surface area contributed by atoms with Gasteiger partial charge in [-0.1, -0.05) is 87.1 Å². The molecule has 0 amide bonds. The van der Waals surface area contributed by atoms with Gasteiger partial charge in [-0.2, -0.15) is 0 Å². The van der Waals surface area contributed by atoms with Crippen LogP contribution in [0.15, 0.2) is 0 Å². The van der Waals surface area contributed by atoms with Crippen molar-refractivity contribution >= 4 is 15.9 Å². The van der Waals surface area contributed by atoms with Gasteiger partial charge in [-0.25, -0.2) is 0 Å². The van der Waals surface area contributed by atoms with Crippen molar-refractivity contribution in [2.75, 3.05) is 0 Å². The lowest BCUT2D eigenvalue weighted by atomic mass is 9.68. The molecule has 0 spiro atoms. The molecule has 0 aromatic carbocycles. The van der Waals surface area contributed by atoms with Gasteiger partial charge in [0.1, 0.15) is 0 Å². The summed E-state index contributed by atoms with van der Waals surface area (Å²) in [5, 5.41) is 0. The van der Waals surface area contributed by atoms with E-state index in [4.69, 9.17) is 0 Å². The van der Waals surface area contributed by atoms with E-state index in [1.807, 2.05) is 0 Å². The number of rotatable bonds is 3. The summed E-state index contributed by atoms with van der Waals surface area (Å²) in [6, 6.07) is 0. The molecule has 1 atom stereocenters. The Labute approximate surface area is 110 Å². The Kier molecular flexibility index (Phi) is 5.19. The maximum absolute atomic E-state index is 3.91. The van der Waals surface area contributed by atoms with Gasteiger partial charge in [-0.3, -0.25) is 0 Å². The Morgan fingerprint density at radius 3 is 1.44 bits per heavy atom. The van der Waals surface area contributed by atoms with E-state index in [9.17, 15) is 0 Å². The van der Waals surface area contributed by atoms with Crippen molar-refractivity contribution in [1.29, 1.82) is 0 Å². The van der Waals surface area contributed by atoms with E-state index in [0.29, 0.717) is 0 Å². The van der Waals surface area contributed by atoms with Gasteiger partial charge in [-0.05, 0) is 17.8 Å². The quantitative estimate of drug-likeness (QED) is 0.597. The molecule has 0 N–H and O–H groups in total. The van der Waals surface area contributed by atoms with Crippen LogP contribution in [-0.2, 0) is 0 Å². The van der Waals surface area contributed by atoms with E-state index in [1.54, 1.807) is 0 Å². The zero-order valence-electron chi connectivity index (χ0n) is 10.8. The molecule has 0 heterocycles. The predicted octanol–water partition coefficient (Wildman–Crippen LogP) is 5.55. The van der Waals surface area contributed by atoms with Crippen LogP contribution in [0.3, 0.4) is 0 Å². The number of alkyl halides is 1. The summed E-state index contributed by atoms with van der Waals surface area (Å²) in [5.74, 6) is 3.04. The highest BCUT2D eigenvalue weighted by Gasteiger charge is 2.33. The van der Waals surface area contributed by atoms with Crippen molar-refractivity contribution in [2.45, 2.75) is 76.0 Å². The summed E-state index contributed by atoms with van der Waals surface area (Å²) in [5.41, 5.74) is 0. The summed E-state index contributed by atoms with van der Waals surface area (Å²) < 4.78 is 0. The maximum atomic E-state index is 3.91. The minimum absolute atomic E-state index is 0.735. The van der Waals surface area contributed by atoms with E-state index >= 15 is 0 Å². The summed E-state index contributed by atoms with van der Waals surface area (Å²) in [7, 11) is 0. The SMILES string of the molecule is CC(Br)C(C1CCCCC1)C1CCCCC1. The van der Waals surface area contributed by atoms with Gasteiger partial charge < -0.3 is 0 Å². The van der Waals surface area contributed by atoms with Crippen molar-refractivity contribution < 1.29 is 0 Å². The third kappa shape index (κ3) is 3.24. The lowest BCUT2D eigenvalue weighted by Crippen LogP contribution is -2.32. The monoisotopic (exact) mass is 286 g/mol.